The van der Waals surface area contributed by atoms with E-state index >= 15 is 0 Å². The third-order valence-electron chi connectivity index (χ3n) is 7.36. The van der Waals surface area contributed by atoms with Crippen LogP contribution in [-0.4, -0.2) is 4.40 Å². The van der Waals surface area contributed by atoms with Gasteiger partial charge in [0.2, 0.25) is 0 Å². The van der Waals surface area contributed by atoms with Gasteiger partial charge in [0.25, 0.3) is 0 Å². The van der Waals surface area contributed by atoms with Gasteiger partial charge in [-0.3, -0.25) is 0 Å². The first-order chi connectivity index (χ1) is 18.7. The molecule has 0 radical (unpaired) electrons. The van der Waals surface area contributed by atoms with Crippen molar-refractivity contribution in [1.29, 1.82) is 10.5 Å². The molecule has 5 aromatic carbocycles. The van der Waals surface area contributed by atoms with Crippen LogP contribution < -0.4 is 0 Å². The summed E-state index contributed by atoms with van der Waals surface area (Å²) in [7, 11) is 0. The maximum Gasteiger partial charge on any atom is 0.0992 e. The molecule has 0 amide bonds. The molecule has 0 atom stereocenters. The fourth-order valence-corrected chi connectivity index (χ4v) is 6.90. The van der Waals surface area contributed by atoms with Gasteiger partial charge in [0.15, 0.2) is 0 Å². The summed E-state index contributed by atoms with van der Waals surface area (Å²) in [4.78, 5) is 0. The minimum atomic E-state index is 0.628. The van der Waals surface area contributed by atoms with E-state index in [1.165, 1.54) is 25.7 Å². The van der Waals surface area contributed by atoms with Gasteiger partial charge in [-0.15, -0.1) is 11.3 Å². The molecule has 0 bridgehead atoms. The van der Waals surface area contributed by atoms with Gasteiger partial charge in [0.05, 0.1) is 39.8 Å². The van der Waals surface area contributed by atoms with E-state index < -0.39 is 0 Å². The molecule has 0 saturated carbocycles. The zero-order valence-corrected chi connectivity index (χ0v) is 21.7. The first kappa shape index (κ1) is 22.3. The van der Waals surface area contributed by atoms with Crippen LogP contribution in [0.1, 0.15) is 25.0 Å². The molecule has 0 aliphatic rings. The lowest BCUT2D eigenvalue weighted by Crippen LogP contribution is -1.83. The highest BCUT2D eigenvalue weighted by Gasteiger charge is 2.20. The van der Waals surface area contributed by atoms with Crippen molar-refractivity contribution >= 4 is 69.6 Å². The van der Waals surface area contributed by atoms with Gasteiger partial charge in [-0.2, -0.15) is 10.5 Å². The first-order valence-electron chi connectivity index (χ1n) is 12.7. The van der Waals surface area contributed by atoms with Gasteiger partial charge in [-0.25, -0.2) is 0 Å². The van der Waals surface area contributed by atoms with Crippen LogP contribution in [0, 0.1) is 22.7 Å². The number of aromatic nitrogens is 1. The molecule has 0 unspecified atom stereocenters. The fourth-order valence-electron chi connectivity index (χ4n) is 5.76. The number of nitrogens with zero attached hydrogens (tertiary/aromatic N) is 3. The summed E-state index contributed by atoms with van der Waals surface area (Å²) in [5, 5.41) is 26.3. The maximum absolute atomic E-state index is 9.56. The minimum absolute atomic E-state index is 0.628. The molecule has 0 saturated heterocycles. The van der Waals surface area contributed by atoms with E-state index in [-0.39, 0.29) is 0 Å². The van der Waals surface area contributed by atoms with Crippen molar-refractivity contribution in [2.75, 3.05) is 0 Å². The third-order valence-corrected chi connectivity index (χ3v) is 8.50. The molecule has 3 nitrogen and oxygen atoms in total. The lowest BCUT2D eigenvalue weighted by molar-refractivity contribution is 1.36. The lowest BCUT2D eigenvalue weighted by atomic mass is 9.98. The van der Waals surface area contributed by atoms with Crippen LogP contribution in [0.2, 0.25) is 0 Å². The second-order valence-corrected chi connectivity index (χ2v) is 10.3. The number of rotatable bonds is 1. The standard InChI is InChI=1S/C32H15N3S.C2H6/c33-16-18-5-8-22-26-13-21(20-7-10-25-24-3-1-2-4-30(24)36-31(25)15-20)14-27-23-9-6-19(17-34)12-29(23)35(32(26)27)28(22)11-18;1-2/h1-15H;1-2H3. The molecule has 178 valence electrons. The Balaban J connectivity index is 0.00000118. The van der Waals surface area contributed by atoms with Gasteiger partial charge in [-0.1, -0.05) is 56.3 Å². The van der Waals surface area contributed by atoms with Crippen LogP contribution in [0.25, 0.3) is 69.4 Å². The second-order valence-electron chi connectivity index (χ2n) is 9.25. The number of thiophene rings is 1. The summed E-state index contributed by atoms with van der Waals surface area (Å²) in [6.45, 7) is 4.00. The molecule has 3 aromatic heterocycles. The molecule has 38 heavy (non-hydrogen) atoms. The van der Waals surface area contributed by atoms with E-state index in [4.69, 9.17) is 0 Å². The minimum Gasteiger partial charge on any atom is -0.308 e. The molecule has 0 spiro atoms. The largest absolute Gasteiger partial charge is 0.308 e. The Bertz CT molecular complexity index is 2180. The Morgan fingerprint density at radius 2 is 1.13 bits per heavy atom. The second kappa shape index (κ2) is 8.32. The predicted molar refractivity (Wildman–Crippen MR) is 160 cm³/mol. The van der Waals surface area contributed by atoms with Crippen LogP contribution in [0.3, 0.4) is 0 Å². The number of nitriles is 2. The molecule has 0 aliphatic carbocycles. The highest BCUT2D eigenvalue weighted by atomic mass is 32.1. The van der Waals surface area contributed by atoms with E-state index in [1.54, 1.807) is 0 Å². The van der Waals surface area contributed by atoms with Crippen LogP contribution in [-0.2, 0) is 0 Å². The van der Waals surface area contributed by atoms with Gasteiger partial charge in [-0.05, 0) is 59.7 Å². The molecular formula is C34H21N3S. The van der Waals surface area contributed by atoms with Crippen LogP contribution in [0.15, 0.2) is 91.0 Å². The number of hydrogen-bond donors (Lipinski definition) is 0. The average molecular weight is 504 g/mol. The Morgan fingerprint density at radius 1 is 0.553 bits per heavy atom. The number of benzene rings is 5. The summed E-state index contributed by atoms with van der Waals surface area (Å²) >= 11 is 1.83. The average Bonchev–Trinajstić information content (AvgIpc) is 3.63. The van der Waals surface area contributed by atoms with Crippen molar-refractivity contribution in [2.45, 2.75) is 13.8 Å². The monoisotopic (exact) mass is 503 g/mol. The van der Waals surface area contributed by atoms with Crippen LogP contribution >= 0.6 is 11.3 Å². The van der Waals surface area contributed by atoms with Crippen molar-refractivity contribution in [3.05, 3.63) is 102 Å². The molecule has 0 N–H and O–H groups in total. The molecule has 3 heterocycles. The van der Waals surface area contributed by atoms with E-state index in [9.17, 15) is 10.5 Å². The summed E-state index contributed by atoms with van der Waals surface area (Å²) in [5.74, 6) is 0. The zero-order chi connectivity index (χ0) is 26.0. The van der Waals surface area contributed by atoms with Gasteiger partial charge in [0.1, 0.15) is 0 Å². The Morgan fingerprint density at radius 3 is 1.76 bits per heavy atom. The van der Waals surface area contributed by atoms with Crippen molar-refractivity contribution < 1.29 is 0 Å². The van der Waals surface area contributed by atoms with Crippen molar-refractivity contribution in [3.8, 4) is 23.3 Å². The van der Waals surface area contributed by atoms with Crippen molar-refractivity contribution in [2.24, 2.45) is 0 Å². The maximum atomic E-state index is 9.56. The van der Waals surface area contributed by atoms with E-state index in [0.29, 0.717) is 11.1 Å². The Hall–Kier alpha value is -4.90. The first-order valence-corrected chi connectivity index (χ1v) is 13.5. The summed E-state index contributed by atoms with van der Waals surface area (Å²) in [6, 6.07) is 36.2. The lowest BCUT2D eigenvalue weighted by Gasteiger charge is -2.05. The quantitative estimate of drug-likeness (QED) is 0.224. The number of hydrogen-bond acceptors (Lipinski definition) is 3. The molecule has 8 rings (SSSR count). The number of fused-ring (bicyclic) bond motifs is 9. The van der Waals surface area contributed by atoms with Gasteiger partial charge >= 0.3 is 0 Å². The summed E-state index contributed by atoms with van der Waals surface area (Å²) in [6.07, 6.45) is 0. The molecule has 8 aromatic rings. The topological polar surface area (TPSA) is 52.0 Å². The van der Waals surface area contributed by atoms with Crippen LogP contribution in [0.5, 0.6) is 0 Å². The van der Waals surface area contributed by atoms with Crippen LogP contribution in [0.4, 0.5) is 0 Å². The zero-order valence-electron chi connectivity index (χ0n) is 20.9. The third kappa shape index (κ3) is 2.99. The molecule has 4 heteroatoms. The molecule has 0 aliphatic heterocycles. The van der Waals surface area contributed by atoms with E-state index in [0.717, 1.165) is 43.7 Å². The summed E-state index contributed by atoms with van der Waals surface area (Å²) < 4.78 is 4.80. The normalized spacial score (nSPS) is 11.4. The van der Waals surface area contributed by atoms with Crippen molar-refractivity contribution in [3.63, 3.8) is 0 Å². The highest BCUT2D eigenvalue weighted by molar-refractivity contribution is 7.25. The smallest absolute Gasteiger partial charge is 0.0992 e. The van der Waals surface area contributed by atoms with Crippen molar-refractivity contribution in [1.82, 2.24) is 4.40 Å². The van der Waals surface area contributed by atoms with Gasteiger partial charge < -0.3 is 4.40 Å². The van der Waals surface area contributed by atoms with E-state index in [2.05, 4.69) is 83.3 Å². The molecule has 0 fully saturated rings. The Kier molecular flexibility index (Phi) is 4.88. The fraction of sp³-hybridized carbons (Fsp3) is 0.0588. The highest BCUT2D eigenvalue weighted by Crippen LogP contribution is 2.43. The SMILES string of the molecule is CC.N#Cc1ccc2c3cc(-c4ccc5c(c4)sc4ccccc45)cc4c5ccc(C#N)cc5n(c2c1)c34. The Labute approximate surface area is 223 Å². The van der Waals surface area contributed by atoms with E-state index in [1.807, 2.05) is 49.4 Å². The summed E-state index contributed by atoms with van der Waals surface area (Å²) in [5.41, 5.74) is 6.73. The predicted octanol–water partition coefficient (Wildman–Crippen LogP) is 9.64. The van der Waals surface area contributed by atoms with Gasteiger partial charge in [0, 0.05) is 41.7 Å². The molecular weight excluding hydrogens is 482 g/mol.